The molecule has 1 fully saturated rings. The van der Waals surface area contributed by atoms with Crippen LogP contribution in [-0.4, -0.2) is 47.6 Å². The summed E-state index contributed by atoms with van der Waals surface area (Å²) in [5.74, 6) is 0.311. The largest absolute Gasteiger partial charge is 0.368 e. The Morgan fingerprint density at radius 2 is 1.79 bits per heavy atom. The zero-order valence-electron chi connectivity index (χ0n) is 19.8. The highest BCUT2D eigenvalue weighted by Crippen LogP contribution is 2.42. The van der Waals surface area contributed by atoms with E-state index in [2.05, 4.69) is 10.3 Å². The summed E-state index contributed by atoms with van der Waals surface area (Å²) in [6, 6.07) is 8.25. The molecule has 8 nitrogen and oxygen atoms in total. The third-order valence-corrected chi connectivity index (χ3v) is 8.37. The van der Waals surface area contributed by atoms with Crippen LogP contribution in [0.25, 0.3) is 0 Å². The first-order chi connectivity index (χ1) is 15.2. The second kappa shape index (κ2) is 7.55. The molecule has 176 valence electrons. The number of amides is 3. The zero-order chi connectivity index (χ0) is 24.3. The molecular weight excluding hydrogens is 440 g/mol. The minimum absolute atomic E-state index is 0.00703. The van der Waals surface area contributed by atoms with Crippen LogP contribution in [0.5, 0.6) is 0 Å². The van der Waals surface area contributed by atoms with Crippen molar-refractivity contribution in [1.82, 2.24) is 9.88 Å². The topological polar surface area (TPSA) is 99.7 Å². The van der Waals surface area contributed by atoms with Crippen LogP contribution in [0.3, 0.4) is 0 Å². The van der Waals surface area contributed by atoms with E-state index in [9.17, 15) is 18.0 Å². The molecule has 2 aliphatic heterocycles. The monoisotopic (exact) mass is 470 g/mol. The van der Waals surface area contributed by atoms with Crippen LogP contribution >= 0.6 is 0 Å². The second-order valence-electron chi connectivity index (χ2n) is 10.2. The molecule has 33 heavy (non-hydrogen) atoms. The maximum atomic E-state index is 13.4. The smallest absolute Gasteiger partial charge is 0.332 e. The van der Waals surface area contributed by atoms with E-state index in [1.807, 2.05) is 39.8 Å². The number of pyridine rings is 1. The number of carbonyl (C=O) groups excluding carboxylic acids is 2. The highest BCUT2D eigenvalue weighted by Gasteiger charge is 2.52. The Morgan fingerprint density at radius 3 is 2.45 bits per heavy atom. The molecule has 3 amide bonds. The molecule has 0 bridgehead atoms. The number of fused-ring (bicyclic) bond motifs is 1. The minimum atomic E-state index is -3.48. The van der Waals surface area contributed by atoms with Crippen molar-refractivity contribution in [3.05, 3.63) is 47.7 Å². The average molecular weight is 471 g/mol. The molecule has 0 atom stereocenters. The highest BCUT2D eigenvalue weighted by molar-refractivity contribution is 7.91. The summed E-state index contributed by atoms with van der Waals surface area (Å²) in [7, 11) is -3.48. The molecule has 0 unspecified atom stereocenters. The first-order valence-electron chi connectivity index (χ1n) is 11.0. The molecule has 0 radical (unpaired) electrons. The maximum absolute atomic E-state index is 13.4. The van der Waals surface area contributed by atoms with E-state index < -0.39 is 32.7 Å². The SMILES string of the molecule is CC(C)Nc1cc(CN2C(=O)N(c3ccc4c(c3)S(=O)(=O)CC4(C)C)C(=O)C2(C)C)ccn1. The van der Waals surface area contributed by atoms with E-state index in [0.717, 1.165) is 10.5 Å². The lowest BCUT2D eigenvalue weighted by molar-refractivity contribution is -0.123. The van der Waals surface area contributed by atoms with E-state index >= 15 is 0 Å². The molecular formula is C24H30N4O4S. The number of nitrogens with zero attached hydrogens (tertiary/aromatic N) is 3. The van der Waals surface area contributed by atoms with E-state index in [1.165, 1.54) is 11.0 Å². The van der Waals surface area contributed by atoms with Gasteiger partial charge < -0.3 is 10.2 Å². The van der Waals surface area contributed by atoms with E-state index in [1.54, 1.807) is 32.2 Å². The van der Waals surface area contributed by atoms with Crippen LogP contribution in [0.2, 0.25) is 0 Å². The van der Waals surface area contributed by atoms with E-state index in [4.69, 9.17) is 0 Å². The van der Waals surface area contributed by atoms with Crippen LogP contribution < -0.4 is 10.2 Å². The summed E-state index contributed by atoms with van der Waals surface area (Å²) in [5.41, 5.74) is 0.215. The molecule has 1 aromatic heterocycles. The van der Waals surface area contributed by atoms with Crippen molar-refractivity contribution in [3.8, 4) is 0 Å². The number of rotatable bonds is 5. The van der Waals surface area contributed by atoms with Gasteiger partial charge in [-0.25, -0.2) is 23.1 Å². The van der Waals surface area contributed by atoms with Gasteiger partial charge in [0.05, 0.1) is 16.3 Å². The van der Waals surface area contributed by atoms with Crippen LogP contribution in [0.15, 0.2) is 41.4 Å². The molecule has 0 aliphatic carbocycles. The molecule has 0 saturated carbocycles. The van der Waals surface area contributed by atoms with Crippen molar-refractivity contribution < 1.29 is 18.0 Å². The fourth-order valence-electron chi connectivity index (χ4n) is 4.56. The van der Waals surface area contributed by atoms with Gasteiger partial charge in [-0.15, -0.1) is 0 Å². The fourth-order valence-corrected chi connectivity index (χ4v) is 6.80. The molecule has 9 heteroatoms. The molecule has 2 aromatic rings. The summed E-state index contributed by atoms with van der Waals surface area (Å²) in [6.45, 7) is 11.4. The predicted octanol–water partition coefficient (Wildman–Crippen LogP) is 3.71. The molecule has 0 spiro atoms. The van der Waals surface area contributed by atoms with Gasteiger partial charge in [0.1, 0.15) is 11.4 Å². The highest BCUT2D eigenvalue weighted by atomic mass is 32.2. The fraction of sp³-hybridized carbons (Fsp3) is 0.458. The number of imide groups is 1. The summed E-state index contributed by atoms with van der Waals surface area (Å²) >= 11 is 0. The number of anilines is 2. The van der Waals surface area contributed by atoms with Gasteiger partial charge in [-0.1, -0.05) is 19.9 Å². The van der Waals surface area contributed by atoms with Gasteiger partial charge in [-0.2, -0.15) is 0 Å². The number of aromatic nitrogens is 1. The predicted molar refractivity (Wildman–Crippen MR) is 127 cm³/mol. The molecule has 4 rings (SSSR count). The van der Waals surface area contributed by atoms with Gasteiger partial charge in [0.15, 0.2) is 9.84 Å². The molecule has 3 heterocycles. The standard InChI is InChI=1S/C24H30N4O4S/c1-15(2)26-20-11-16(9-10-25-20)13-27-22(30)28(21(29)24(27,5)6)17-7-8-18-19(12-17)33(31,32)14-23(18,3)4/h7-12,15H,13-14H2,1-6H3,(H,25,26). The van der Waals surface area contributed by atoms with Gasteiger partial charge >= 0.3 is 6.03 Å². The van der Waals surface area contributed by atoms with Crippen molar-refractivity contribution in [3.63, 3.8) is 0 Å². The Kier molecular flexibility index (Phi) is 5.31. The van der Waals surface area contributed by atoms with Crippen molar-refractivity contribution in [2.75, 3.05) is 16.0 Å². The summed E-state index contributed by atoms with van der Waals surface area (Å²) in [4.78, 5) is 33.9. The Morgan fingerprint density at radius 1 is 1.09 bits per heavy atom. The first-order valence-corrected chi connectivity index (χ1v) is 12.6. The quantitative estimate of drug-likeness (QED) is 0.669. The summed E-state index contributed by atoms with van der Waals surface area (Å²) in [5, 5.41) is 3.23. The summed E-state index contributed by atoms with van der Waals surface area (Å²) < 4.78 is 25.5. The van der Waals surface area contributed by atoms with Crippen LogP contribution in [0.1, 0.15) is 52.7 Å². The Labute approximate surface area is 194 Å². The Balaban J connectivity index is 1.68. The lowest BCUT2D eigenvalue weighted by Crippen LogP contribution is -2.43. The van der Waals surface area contributed by atoms with Gasteiger partial charge in [0.2, 0.25) is 0 Å². The lowest BCUT2D eigenvalue weighted by Gasteiger charge is -2.27. The van der Waals surface area contributed by atoms with E-state index in [0.29, 0.717) is 11.4 Å². The Bertz CT molecular complexity index is 1250. The lowest BCUT2D eigenvalue weighted by atomic mass is 9.87. The molecule has 1 saturated heterocycles. The number of carbonyl (C=O) groups is 2. The first kappa shape index (κ1) is 23.2. The average Bonchev–Trinajstić information content (AvgIpc) is 2.99. The Hall–Kier alpha value is -2.94. The number of sulfone groups is 1. The van der Waals surface area contributed by atoms with Crippen molar-refractivity contribution in [2.24, 2.45) is 0 Å². The number of benzene rings is 1. The molecule has 2 aliphatic rings. The van der Waals surface area contributed by atoms with Crippen LogP contribution in [-0.2, 0) is 26.6 Å². The number of hydrogen-bond donors (Lipinski definition) is 1. The zero-order valence-corrected chi connectivity index (χ0v) is 20.7. The third-order valence-electron chi connectivity index (χ3n) is 6.26. The number of urea groups is 1. The van der Waals surface area contributed by atoms with Gasteiger partial charge in [-0.3, -0.25) is 4.79 Å². The van der Waals surface area contributed by atoms with Crippen molar-refractivity contribution >= 4 is 33.3 Å². The third kappa shape index (κ3) is 3.88. The number of nitrogens with one attached hydrogen (secondary N) is 1. The van der Waals surface area contributed by atoms with Crippen molar-refractivity contribution in [2.45, 2.75) is 70.0 Å². The summed E-state index contributed by atoms with van der Waals surface area (Å²) in [6.07, 6.45) is 1.67. The second-order valence-corrected chi connectivity index (χ2v) is 12.2. The van der Waals surface area contributed by atoms with Crippen LogP contribution in [0, 0.1) is 0 Å². The normalized spacial score (nSPS) is 20.5. The van der Waals surface area contributed by atoms with Crippen LogP contribution in [0.4, 0.5) is 16.3 Å². The van der Waals surface area contributed by atoms with E-state index in [-0.39, 0.29) is 28.9 Å². The maximum Gasteiger partial charge on any atom is 0.332 e. The minimum Gasteiger partial charge on any atom is -0.368 e. The van der Waals surface area contributed by atoms with Crippen molar-refractivity contribution in [1.29, 1.82) is 0 Å². The van der Waals surface area contributed by atoms with Gasteiger partial charge in [0.25, 0.3) is 5.91 Å². The van der Waals surface area contributed by atoms with Gasteiger partial charge in [0, 0.05) is 24.2 Å². The number of hydrogen-bond acceptors (Lipinski definition) is 6. The van der Waals surface area contributed by atoms with Gasteiger partial charge in [-0.05, 0) is 63.1 Å². The molecule has 1 N–H and O–H groups in total. The molecule has 1 aromatic carbocycles.